The fraction of sp³-hybridized carbons (Fsp3) is 0.400. The van der Waals surface area contributed by atoms with Crippen molar-refractivity contribution in [1.29, 1.82) is 0 Å². The molecule has 0 saturated carbocycles. The fourth-order valence-corrected chi connectivity index (χ4v) is 1.65. The Morgan fingerprint density at radius 2 is 2.18 bits per heavy atom. The number of nitro benzene ring substituents is 1. The van der Waals surface area contributed by atoms with Gasteiger partial charge in [0.05, 0.1) is 9.40 Å². The van der Waals surface area contributed by atoms with E-state index in [2.05, 4.69) is 15.9 Å². The number of hydrogen-bond acceptors (Lipinski definition) is 5. The maximum Gasteiger partial charge on any atom is 0.334 e. The molecule has 0 unspecified atom stereocenters. The number of nitrogens with zero attached hydrogens (tertiary/aromatic N) is 2. The number of ether oxygens (including phenoxy) is 1. The average molecular weight is 304 g/mol. The molecule has 17 heavy (non-hydrogen) atoms. The number of nitrogen functional groups attached to an aromatic ring is 1. The van der Waals surface area contributed by atoms with Crippen LogP contribution in [0.1, 0.15) is 0 Å². The summed E-state index contributed by atoms with van der Waals surface area (Å²) >= 11 is 3.22. The second-order valence-corrected chi connectivity index (χ2v) is 4.58. The lowest BCUT2D eigenvalue weighted by molar-refractivity contribution is -0.385. The van der Waals surface area contributed by atoms with Gasteiger partial charge >= 0.3 is 5.69 Å². The van der Waals surface area contributed by atoms with E-state index in [0.717, 1.165) is 0 Å². The summed E-state index contributed by atoms with van der Waals surface area (Å²) in [6.45, 7) is 1.02. The normalized spacial score (nSPS) is 10.6. The SMILES string of the molecule is CN(C)CCOc1c(Br)ccc(N)c1[N+](=O)[O-]. The standard InChI is InChI=1S/C10H14BrN3O3/c1-13(2)5-6-17-10-7(11)3-4-8(12)9(10)14(15)16/h3-4H,5-6,12H2,1-2H3. The van der Waals surface area contributed by atoms with E-state index in [1.807, 2.05) is 19.0 Å². The second kappa shape index (κ2) is 5.83. The van der Waals surface area contributed by atoms with Crippen LogP contribution in [0.15, 0.2) is 16.6 Å². The number of nitrogens with two attached hydrogens (primary N) is 1. The Kier molecular flexibility index (Phi) is 4.71. The molecule has 2 N–H and O–H groups in total. The first-order chi connectivity index (χ1) is 7.93. The van der Waals surface area contributed by atoms with Gasteiger partial charge in [0.2, 0.25) is 5.75 Å². The number of benzene rings is 1. The molecule has 0 saturated heterocycles. The van der Waals surface area contributed by atoms with Gasteiger partial charge in [0, 0.05) is 6.54 Å². The molecule has 6 nitrogen and oxygen atoms in total. The topological polar surface area (TPSA) is 81.6 Å². The maximum absolute atomic E-state index is 10.9. The molecule has 94 valence electrons. The zero-order valence-corrected chi connectivity index (χ0v) is 11.2. The van der Waals surface area contributed by atoms with Crippen LogP contribution in [0.25, 0.3) is 0 Å². The highest BCUT2D eigenvalue weighted by Gasteiger charge is 2.22. The van der Waals surface area contributed by atoms with Gasteiger partial charge in [-0.3, -0.25) is 10.1 Å². The number of halogens is 1. The molecule has 1 aromatic rings. The smallest absolute Gasteiger partial charge is 0.334 e. The van der Waals surface area contributed by atoms with Crippen molar-refractivity contribution < 1.29 is 9.66 Å². The Balaban J connectivity index is 2.96. The maximum atomic E-state index is 10.9. The van der Waals surface area contributed by atoms with Crippen LogP contribution in [0.5, 0.6) is 5.75 Å². The van der Waals surface area contributed by atoms with E-state index in [9.17, 15) is 10.1 Å². The van der Waals surface area contributed by atoms with E-state index < -0.39 is 4.92 Å². The molecule has 0 atom stereocenters. The van der Waals surface area contributed by atoms with Gasteiger partial charge in [0.15, 0.2) is 0 Å². The first kappa shape index (κ1) is 13.7. The van der Waals surface area contributed by atoms with E-state index in [0.29, 0.717) is 17.6 Å². The highest BCUT2D eigenvalue weighted by Crippen LogP contribution is 2.39. The van der Waals surface area contributed by atoms with Crippen molar-refractivity contribution in [1.82, 2.24) is 4.90 Å². The molecule has 0 heterocycles. The lowest BCUT2D eigenvalue weighted by Crippen LogP contribution is -2.19. The Labute approximate surface area is 108 Å². The fourth-order valence-electron chi connectivity index (χ4n) is 1.22. The van der Waals surface area contributed by atoms with Crippen molar-refractivity contribution in [3.8, 4) is 5.75 Å². The number of hydrogen-bond donors (Lipinski definition) is 1. The third-order valence-corrected chi connectivity index (χ3v) is 2.71. The van der Waals surface area contributed by atoms with Crippen LogP contribution in [0, 0.1) is 10.1 Å². The minimum Gasteiger partial charge on any atom is -0.485 e. The Hall–Kier alpha value is -1.34. The van der Waals surface area contributed by atoms with Gasteiger partial charge in [-0.25, -0.2) is 0 Å². The molecule has 0 radical (unpaired) electrons. The van der Waals surface area contributed by atoms with Crippen LogP contribution in [0.2, 0.25) is 0 Å². The third kappa shape index (κ3) is 3.57. The molecule has 7 heteroatoms. The van der Waals surface area contributed by atoms with Gasteiger partial charge in [-0.2, -0.15) is 0 Å². The highest BCUT2D eigenvalue weighted by molar-refractivity contribution is 9.10. The molecule has 1 rings (SSSR count). The van der Waals surface area contributed by atoms with Crippen LogP contribution < -0.4 is 10.5 Å². The third-order valence-electron chi connectivity index (χ3n) is 2.08. The summed E-state index contributed by atoms with van der Waals surface area (Å²) < 4.78 is 5.94. The van der Waals surface area contributed by atoms with Crippen molar-refractivity contribution in [2.24, 2.45) is 0 Å². The molecular formula is C10H14BrN3O3. The van der Waals surface area contributed by atoms with Crippen molar-refractivity contribution in [2.75, 3.05) is 33.0 Å². The van der Waals surface area contributed by atoms with Gasteiger partial charge in [0.1, 0.15) is 12.3 Å². The Morgan fingerprint density at radius 3 is 2.71 bits per heavy atom. The van der Waals surface area contributed by atoms with Crippen LogP contribution in [-0.2, 0) is 0 Å². The molecule has 0 aliphatic rings. The highest BCUT2D eigenvalue weighted by atomic mass is 79.9. The van der Waals surface area contributed by atoms with Gasteiger partial charge < -0.3 is 15.4 Å². The minimum atomic E-state index is -0.537. The quantitative estimate of drug-likeness (QED) is 0.510. The largest absolute Gasteiger partial charge is 0.485 e. The van der Waals surface area contributed by atoms with E-state index in [-0.39, 0.29) is 17.1 Å². The van der Waals surface area contributed by atoms with Crippen LogP contribution in [0.3, 0.4) is 0 Å². The molecular weight excluding hydrogens is 290 g/mol. The number of likely N-dealkylation sites (N-methyl/N-ethyl adjacent to an activating group) is 1. The molecule has 0 bridgehead atoms. The number of anilines is 1. The van der Waals surface area contributed by atoms with Gasteiger partial charge in [-0.05, 0) is 42.2 Å². The van der Waals surface area contributed by atoms with Crippen molar-refractivity contribution in [3.05, 3.63) is 26.7 Å². The summed E-state index contributed by atoms with van der Waals surface area (Å²) in [4.78, 5) is 12.3. The summed E-state index contributed by atoms with van der Waals surface area (Å²) in [7, 11) is 3.79. The summed E-state index contributed by atoms with van der Waals surface area (Å²) in [6, 6.07) is 3.11. The lowest BCUT2D eigenvalue weighted by Gasteiger charge is -2.12. The van der Waals surface area contributed by atoms with Gasteiger partial charge in [-0.1, -0.05) is 0 Å². The molecule has 0 aliphatic carbocycles. The van der Waals surface area contributed by atoms with Gasteiger partial charge in [-0.15, -0.1) is 0 Å². The van der Waals surface area contributed by atoms with E-state index in [1.54, 1.807) is 6.07 Å². The van der Waals surface area contributed by atoms with Gasteiger partial charge in [0.25, 0.3) is 0 Å². The van der Waals surface area contributed by atoms with Crippen molar-refractivity contribution >= 4 is 27.3 Å². The predicted molar refractivity (Wildman–Crippen MR) is 69.3 cm³/mol. The van der Waals surface area contributed by atoms with Crippen LogP contribution in [-0.4, -0.2) is 37.1 Å². The average Bonchev–Trinajstić information content (AvgIpc) is 2.22. The Bertz CT molecular complexity index is 424. The molecule has 0 amide bonds. The molecule has 0 spiro atoms. The van der Waals surface area contributed by atoms with Crippen LogP contribution in [0.4, 0.5) is 11.4 Å². The summed E-state index contributed by atoms with van der Waals surface area (Å²) in [5.74, 6) is 0.178. The lowest BCUT2D eigenvalue weighted by atomic mass is 10.2. The molecule has 0 fully saturated rings. The minimum absolute atomic E-state index is 0.0954. The van der Waals surface area contributed by atoms with E-state index >= 15 is 0 Å². The predicted octanol–water partition coefficient (Wildman–Crippen LogP) is 1.88. The summed E-state index contributed by atoms with van der Waals surface area (Å²) in [6.07, 6.45) is 0. The number of rotatable bonds is 5. The first-order valence-electron chi connectivity index (χ1n) is 4.93. The molecule has 0 aromatic heterocycles. The Morgan fingerprint density at radius 1 is 1.53 bits per heavy atom. The number of nitro groups is 1. The van der Waals surface area contributed by atoms with Crippen molar-refractivity contribution in [2.45, 2.75) is 0 Å². The zero-order valence-electron chi connectivity index (χ0n) is 9.64. The van der Waals surface area contributed by atoms with E-state index in [1.165, 1.54) is 6.07 Å². The first-order valence-corrected chi connectivity index (χ1v) is 5.72. The molecule has 0 aliphatic heterocycles. The monoisotopic (exact) mass is 303 g/mol. The zero-order chi connectivity index (χ0) is 13.0. The van der Waals surface area contributed by atoms with Crippen LogP contribution >= 0.6 is 15.9 Å². The molecule has 1 aromatic carbocycles. The second-order valence-electron chi connectivity index (χ2n) is 3.72. The van der Waals surface area contributed by atoms with E-state index in [4.69, 9.17) is 10.5 Å². The summed E-state index contributed by atoms with van der Waals surface area (Å²) in [5.41, 5.74) is 5.47. The van der Waals surface area contributed by atoms with Crippen molar-refractivity contribution in [3.63, 3.8) is 0 Å². The summed E-state index contributed by atoms with van der Waals surface area (Å²) in [5, 5.41) is 10.9.